The molecule has 1 aliphatic rings. The molecule has 1 aliphatic heterocycles. The third kappa shape index (κ3) is 3.99. The fourth-order valence-electron chi connectivity index (χ4n) is 3.01. The van der Waals surface area contributed by atoms with E-state index in [1.807, 2.05) is 11.6 Å². The topological polar surface area (TPSA) is 87.0 Å². The molecule has 128 valence electrons. The monoisotopic (exact) mass is 329 g/mol. The molecule has 0 radical (unpaired) electrons. The van der Waals surface area contributed by atoms with Crippen LogP contribution in [0.2, 0.25) is 0 Å². The van der Waals surface area contributed by atoms with E-state index in [9.17, 15) is 0 Å². The minimum absolute atomic E-state index is 0.501. The summed E-state index contributed by atoms with van der Waals surface area (Å²) >= 11 is 0. The molecule has 0 aliphatic carbocycles. The Balaban J connectivity index is 1.45. The molecule has 0 N–H and O–H groups in total. The second kappa shape index (κ2) is 7.55. The zero-order chi connectivity index (χ0) is 16.9. The summed E-state index contributed by atoms with van der Waals surface area (Å²) in [6.45, 7) is 6.58. The summed E-state index contributed by atoms with van der Waals surface area (Å²) in [4.78, 5) is 9.11. The number of hydrogen-bond donors (Lipinski definition) is 0. The van der Waals surface area contributed by atoms with Gasteiger partial charge < -0.3 is 4.52 Å². The predicted octanol–water partition coefficient (Wildman–Crippen LogP) is 0.906. The average Bonchev–Trinajstić information content (AvgIpc) is 3.33. The summed E-state index contributed by atoms with van der Waals surface area (Å²) in [6, 6.07) is 2.60. The van der Waals surface area contributed by atoms with E-state index in [1.54, 1.807) is 12.4 Å². The number of nitrogens with zero attached hydrogens (tertiary/aromatic N) is 7. The second-order valence-electron chi connectivity index (χ2n) is 6.22. The molecule has 3 heterocycles. The molecule has 8 nitrogen and oxygen atoms in total. The van der Waals surface area contributed by atoms with Gasteiger partial charge in [0.1, 0.15) is 6.07 Å². The van der Waals surface area contributed by atoms with E-state index in [0.717, 1.165) is 44.8 Å². The lowest BCUT2D eigenvalue weighted by Crippen LogP contribution is -2.35. The van der Waals surface area contributed by atoms with E-state index in [2.05, 4.69) is 38.2 Å². The van der Waals surface area contributed by atoms with Crippen molar-refractivity contribution in [3.8, 4) is 6.07 Å². The molecule has 0 unspecified atom stereocenters. The van der Waals surface area contributed by atoms with Crippen LogP contribution in [-0.4, -0.2) is 62.4 Å². The molecule has 24 heavy (non-hydrogen) atoms. The first-order chi connectivity index (χ1) is 11.7. The van der Waals surface area contributed by atoms with E-state index < -0.39 is 0 Å². The molecule has 0 amide bonds. The predicted molar refractivity (Wildman–Crippen MR) is 86.9 cm³/mol. The standard InChI is InChI=1S/C16H23N7O/c1-3-16-19-15(20-24-16)12-21(2)14-4-5-22(11-14)6-7-23-10-13(8-17)9-18-23/h9-10,14H,3-7,11-12H2,1-2H3/t14-/m1/s1. The van der Waals surface area contributed by atoms with Crippen molar-refractivity contribution < 1.29 is 4.52 Å². The number of hydrogen-bond acceptors (Lipinski definition) is 7. The van der Waals surface area contributed by atoms with Crippen molar-refractivity contribution in [2.24, 2.45) is 0 Å². The molecule has 1 saturated heterocycles. The Morgan fingerprint density at radius 2 is 2.33 bits per heavy atom. The van der Waals surface area contributed by atoms with Gasteiger partial charge in [-0.1, -0.05) is 12.1 Å². The Labute approximate surface area is 141 Å². The molecular formula is C16H23N7O. The summed E-state index contributed by atoms with van der Waals surface area (Å²) in [6.07, 6.45) is 5.31. The van der Waals surface area contributed by atoms with Crippen LogP contribution in [0.4, 0.5) is 0 Å². The molecule has 2 aromatic heterocycles. The average molecular weight is 329 g/mol. The van der Waals surface area contributed by atoms with Crippen LogP contribution in [0.3, 0.4) is 0 Å². The van der Waals surface area contributed by atoms with Crippen LogP contribution in [0, 0.1) is 11.3 Å². The van der Waals surface area contributed by atoms with E-state index in [4.69, 9.17) is 9.78 Å². The van der Waals surface area contributed by atoms with Crippen LogP contribution in [0.15, 0.2) is 16.9 Å². The van der Waals surface area contributed by atoms with Crippen LogP contribution in [-0.2, 0) is 19.5 Å². The quantitative estimate of drug-likeness (QED) is 0.746. The van der Waals surface area contributed by atoms with E-state index in [-0.39, 0.29) is 0 Å². The molecule has 0 spiro atoms. The molecule has 8 heteroatoms. The van der Waals surface area contributed by atoms with Crippen LogP contribution in [0.25, 0.3) is 0 Å². The highest BCUT2D eigenvalue weighted by Gasteiger charge is 2.26. The third-order valence-electron chi connectivity index (χ3n) is 4.48. The maximum absolute atomic E-state index is 8.83. The minimum Gasteiger partial charge on any atom is -0.339 e. The largest absolute Gasteiger partial charge is 0.339 e. The molecule has 1 atom stereocenters. The number of aryl methyl sites for hydroxylation is 1. The molecule has 3 rings (SSSR count). The van der Waals surface area contributed by atoms with Crippen molar-refractivity contribution in [3.63, 3.8) is 0 Å². The summed E-state index contributed by atoms with van der Waals surface area (Å²) in [5.74, 6) is 1.45. The zero-order valence-electron chi connectivity index (χ0n) is 14.2. The molecule has 0 saturated carbocycles. The summed E-state index contributed by atoms with van der Waals surface area (Å²) < 4.78 is 7.00. The number of rotatable bonds is 7. The van der Waals surface area contributed by atoms with Crippen LogP contribution in [0.5, 0.6) is 0 Å². The first kappa shape index (κ1) is 16.6. The Morgan fingerprint density at radius 3 is 3.04 bits per heavy atom. The normalized spacial score (nSPS) is 18.3. The highest BCUT2D eigenvalue weighted by Crippen LogP contribution is 2.16. The third-order valence-corrected chi connectivity index (χ3v) is 4.48. The highest BCUT2D eigenvalue weighted by atomic mass is 16.5. The first-order valence-electron chi connectivity index (χ1n) is 8.34. The van der Waals surface area contributed by atoms with Gasteiger partial charge in [0.05, 0.1) is 24.8 Å². The molecule has 1 fully saturated rings. The van der Waals surface area contributed by atoms with Gasteiger partial charge in [-0.15, -0.1) is 0 Å². The highest BCUT2D eigenvalue weighted by molar-refractivity contribution is 5.21. The van der Waals surface area contributed by atoms with Gasteiger partial charge in [0.15, 0.2) is 5.82 Å². The Morgan fingerprint density at radius 1 is 1.46 bits per heavy atom. The number of likely N-dealkylation sites (tertiary alicyclic amines) is 1. The van der Waals surface area contributed by atoms with Crippen molar-refractivity contribution in [2.45, 2.75) is 38.9 Å². The number of aromatic nitrogens is 4. The summed E-state index contributed by atoms with van der Waals surface area (Å²) in [7, 11) is 2.11. The SMILES string of the molecule is CCc1nc(CN(C)[C@@H]2CCN(CCn3cc(C#N)cn3)C2)no1. The van der Waals surface area contributed by atoms with Gasteiger partial charge in [-0.2, -0.15) is 15.3 Å². The molecule has 0 bridgehead atoms. The lowest BCUT2D eigenvalue weighted by atomic mass is 10.2. The van der Waals surface area contributed by atoms with Crippen LogP contribution >= 0.6 is 0 Å². The van der Waals surface area contributed by atoms with Crippen molar-refractivity contribution in [1.82, 2.24) is 29.7 Å². The second-order valence-corrected chi connectivity index (χ2v) is 6.22. The van der Waals surface area contributed by atoms with Gasteiger partial charge in [-0.05, 0) is 20.0 Å². The Kier molecular flexibility index (Phi) is 5.23. The first-order valence-corrected chi connectivity index (χ1v) is 8.34. The van der Waals surface area contributed by atoms with E-state index in [0.29, 0.717) is 24.0 Å². The fraction of sp³-hybridized carbons (Fsp3) is 0.625. The van der Waals surface area contributed by atoms with Crippen molar-refractivity contribution in [3.05, 3.63) is 29.7 Å². The van der Waals surface area contributed by atoms with Crippen LogP contribution < -0.4 is 0 Å². The fourth-order valence-corrected chi connectivity index (χ4v) is 3.01. The summed E-state index contributed by atoms with van der Waals surface area (Å²) in [5, 5.41) is 17.1. The zero-order valence-corrected chi connectivity index (χ0v) is 14.2. The van der Waals surface area contributed by atoms with E-state index >= 15 is 0 Å². The van der Waals surface area contributed by atoms with Crippen molar-refractivity contribution >= 4 is 0 Å². The Bertz CT molecular complexity index is 701. The summed E-state index contributed by atoms with van der Waals surface area (Å²) in [5.41, 5.74) is 0.612. The lowest BCUT2D eigenvalue weighted by Gasteiger charge is -2.23. The van der Waals surface area contributed by atoms with Crippen molar-refractivity contribution in [2.75, 3.05) is 26.7 Å². The van der Waals surface area contributed by atoms with Gasteiger partial charge in [-0.25, -0.2) is 0 Å². The Hall–Kier alpha value is -2.24. The van der Waals surface area contributed by atoms with Crippen LogP contribution in [0.1, 0.15) is 30.6 Å². The van der Waals surface area contributed by atoms with Gasteiger partial charge in [0.2, 0.25) is 5.89 Å². The number of likely N-dealkylation sites (N-methyl/N-ethyl adjacent to an activating group) is 1. The van der Waals surface area contributed by atoms with Gasteiger partial charge in [-0.3, -0.25) is 14.5 Å². The lowest BCUT2D eigenvalue weighted by molar-refractivity contribution is 0.215. The smallest absolute Gasteiger partial charge is 0.226 e. The minimum atomic E-state index is 0.501. The van der Waals surface area contributed by atoms with Gasteiger partial charge >= 0.3 is 0 Å². The van der Waals surface area contributed by atoms with E-state index in [1.165, 1.54) is 0 Å². The number of nitriles is 1. The molecule has 2 aromatic rings. The molecule has 0 aromatic carbocycles. The van der Waals surface area contributed by atoms with Crippen molar-refractivity contribution in [1.29, 1.82) is 5.26 Å². The maximum atomic E-state index is 8.83. The molecular weight excluding hydrogens is 306 g/mol. The van der Waals surface area contributed by atoms with Gasteiger partial charge in [0.25, 0.3) is 0 Å². The maximum Gasteiger partial charge on any atom is 0.226 e. The van der Waals surface area contributed by atoms with Gasteiger partial charge in [0, 0.05) is 31.7 Å².